The first kappa shape index (κ1) is 12.5. The fourth-order valence-corrected chi connectivity index (χ4v) is 1.10. The Morgan fingerprint density at radius 1 is 1.38 bits per heavy atom. The second-order valence-corrected chi connectivity index (χ2v) is 4.14. The number of hydrogen-bond acceptors (Lipinski definition) is 1. The Hall–Kier alpha value is -0.520. The highest BCUT2D eigenvalue weighted by molar-refractivity contribution is 5.03. The van der Waals surface area contributed by atoms with Gasteiger partial charge in [0.1, 0.15) is 5.60 Å². The summed E-state index contributed by atoms with van der Waals surface area (Å²) >= 11 is 0. The Kier molecular flexibility index (Phi) is 4.46. The van der Waals surface area contributed by atoms with Crippen molar-refractivity contribution < 1.29 is 9.59 Å². The zero-order chi connectivity index (χ0) is 10.5. The molecule has 13 heavy (non-hydrogen) atoms. The Balaban J connectivity index is 4.09. The highest BCUT2D eigenvalue weighted by Crippen LogP contribution is 2.12. The summed E-state index contributed by atoms with van der Waals surface area (Å²) in [7, 11) is 2.19. The maximum absolute atomic E-state index is 9.63. The molecule has 76 valence electrons. The maximum Gasteiger partial charge on any atom is 0.127 e. The van der Waals surface area contributed by atoms with Gasteiger partial charge in [0.2, 0.25) is 0 Å². The van der Waals surface area contributed by atoms with Gasteiger partial charge in [0.05, 0.1) is 26.7 Å². The van der Waals surface area contributed by atoms with Gasteiger partial charge in [-0.1, -0.05) is 5.92 Å². The molecule has 0 radical (unpaired) electrons. The zero-order valence-corrected chi connectivity index (χ0v) is 9.30. The number of rotatable bonds is 5. The zero-order valence-electron chi connectivity index (χ0n) is 9.30. The first-order chi connectivity index (χ1) is 5.89. The van der Waals surface area contributed by atoms with E-state index in [0.29, 0.717) is 6.42 Å². The molecule has 0 aliphatic carbocycles. The average Bonchev–Trinajstić information content (AvgIpc) is 2.14. The minimum Gasteiger partial charge on any atom is -0.378 e. The summed E-state index contributed by atoms with van der Waals surface area (Å²) in [6.07, 6.45) is 5.88. The second-order valence-electron chi connectivity index (χ2n) is 4.14. The van der Waals surface area contributed by atoms with E-state index >= 15 is 0 Å². The molecule has 0 heterocycles. The SMILES string of the molecule is C#CC(C)(O)CC[N+](C)(CC)CC. The van der Waals surface area contributed by atoms with Crippen molar-refractivity contribution >= 4 is 0 Å². The van der Waals surface area contributed by atoms with E-state index in [4.69, 9.17) is 6.42 Å². The van der Waals surface area contributed by atoms with Crippen molar-refractivity contribution in [3.8, 4) is 12.3 Å². The Labute approximate surface area is 82.2 Å². The van der Waals surface area contributed by atoms with E-state index in [1.807, 2.05) is 0 Å². The standard InChI is InChI=1S/C11H22NO/c1-6-11(4,13)9-10-12(5,7-2)8-3/h1,13H,7-10H2,2-5H3/q+1. The van der Waals surface area contributed by atoms with Crippen molar-refractivity contribution in [1.29, 1.82) is 0 Å². The largest absolute Gasteiger partial charge is 0.378 e. The Morgan fingerprint density at radius 3 is 2.15 bits per heavy atom. The van der Waals surface area contributed by atoms with Crippen LogP contribution in [0.25, 0.3) is 0 Å². The molecule has 0 aromatic carbocycles. The lowest BCUT2D eigenvalue weighted by Gasteiger charge is -2.33. The summed E-state index contributed by atoms with van der Waals surface area (Å²) < 4.78 is 0.970. The fraction of sp³-hybridized carbons (Fsp3) is 0.818. The van der Waals surface area contributed by atoms with Crippen LogP contribution in [-0.2, 0) is 0 Å². The molecule has 0 fully saturated rings. The van der Waals surface area contributed by atoms with E-state index in [-0.39, 0.29) is 0 Å². The molecule has 1 unspecified atom stereocenters. The van der Waals surface area contributed by atoms with E-state index in [0.717, 1.165) is 24.1 Å². The topological polar surface area (TPSA) is 20.2 Å². The summed E-state index contributed by atoms with van der Waals surface area (Å²) in [5, 5.41) is 9.63. The molecule has 0 bridgehead atoms. The molecule has 0 rings (SSSR count). The van der Waals surface area contributed by atoms with Gasteiger partial charge in [-0.3, -0.25) is 0 Å². The maximum atomic E-state index is 9.63. The minimum absolute atomic E-state index is 0.668. The molecule has 2 heteroatoms. The Bertz CT molecular complexity index is 187. The number of quaternary nitrogens is 1. The van der Waals surface area contributed by atoms with Crippen LogP contribution in [0.1, 0.15) is 27.2 Å². The fourth-order valence-electron chi connectivity index (χ4n) is 1.10. The first-order valence-corrected chi connectivity index (χ1v) is 4.93. The van der Waals surface area contributed by atoms with Crippen LogP contribution in [0.4, 0.5) is 0 Å². The summed E-state index contributed by atoms with van der Waals surface area (Å²) in [6, 6.07) is 0. The van der Waals surface area contributed by atoms with Gasteiger partial charge in [0.25, 0.3) is 0 Å². The second kappa shape index (κ2) is 4.64. The van der Waals surface area contributed by atoms with Crippen LogP contribution in [0.3, 0.4) is 0 Å². The third kappa shape index (κ3) is 4.31. The van der Waals surface area contributed by atoms with Crippen molar-refractivity contribution in [3.05, 3.63) is 0 Å². The molecule has 0 saturated carbocycles. The minimum atomic E-state index is -0.941. The van der Waals surface area contributed by atoms with Gasteiger partial charge in [0, 0.05) is 6.42 Å². The molecule has 1 N–H and O–H groups in total. The molecule has 1 atom stereocenters. The predicted molar refractivity (Wildman–Crippen MR) is 56.2 cm³/mol. The molecule has 0 amide bonds. The molecule has 0 aromatic heterocycles. The van der Waals surface area contributed by atoms with E-state index in [1.165, 1.54) is 0 Å². The van der Waals surface area contributed by atoms with Crippen molar-refractivity contribution in [2.24, 2.45) is 0 Å². The number of nitrogens with zero attached hydrogens (tertiary/aromatic N) is 1. The molecule has 0 aromatic rings. The van der Waals surface area contributed by atoms with Gasteiger partial charge in [-0.25, -0.2) is 0 Å². The van der Waals surface area contributed by atoms with Crippen LogP contribution in [0, 0.1) is 12.3 Å². The van der Waals surface area contributed by atoms with E-state index in [2.05, 4.69) is 26.8 Å². The van der Waals surface area contributed by atoms with Gasteiger partial charge in [-0.15, -0.1) is 6.42 Å². The number of hydrogen-bond donors (Lipinski definition) is 1. The summed E-state index contributed by atoms with van der Waals surface area (Å²) in [5.41, 5.74) is -0.941. The van der Waals surface area contributed by atoms with Crippen LogP contribution < -0.4 is 0 Å². The van der Waals surface area contributed by atoms with Crippen molar-refractivity contribution in [1.82, 2.24) is 0 Å². The van der Waals surface area contributed by atoms with Gasteiger partial charge in [-0.05, 0) is 20.8 Å². The van der Waals surface area contributed by atoms with Gasteiger partial charge < -0.3 is 9.59 Å². The third-order valence-corrected chi connectivity index (χ3v) is 2.98. The highest BCUT2D eigenvalue weighted by Gasteiger charge is 2.23. The monoisotopic (exact) mass is 184 g/mol. The lowest BCUT2D eigenvalue weighted by Crippen LogP contribution is -2.46. The van der Waals surface area contributed by atoms with Crippen LogP contribution in [0.5, 0.6) is 0 Å². The third-order valence-electron chi connectivity index (χ3n) is 2.98. The number of terminal acetylenes is 1. The molecule has 0 saturated heterocycles. The van der Waals surface area contributed by atoms with Gasteiger partial charge in [-0.2, -0.15) is 0 Å². The van der Waals surface area contributed by atoms with Gasteiger partial charge >= 0.3 is 0 Å². The van der Waals surface area contributed by atoms with Crippen molar-refractivity contribution in [2.75, 3.05) is 26.7 Å². The van der Waals surface area contributed by atoms with Crippen LogP contribution in [-0.4, -0.2) is 41.9 Å². The van der Waals surface area contributed by atoms with Crippen LogP contribution in [0.2, 0.25) is 0 Å². The molecule has 0 aliphatic heterocycles. The first-order valence-electron chi connectivity index (χ1n) is 4.93. The lowest BCUT2D eigenvalue weighted by molar-refractivity contribution is -0.906. The molecular weight excluding hydrogens is 162 g/mol. The van der Waals surface area contributed by atoms with Crippen molar-refractivity contribution in [2.45, 2.75) is 32.8 Å². The highest BCUT2D eigenvalue weighted by atomic mass is 16.3. The van der Waals surface area contributed by atoms with E-state index < -0.39 is 5.60 Å². The molecule has 0 aliphatic rings. The van der Waals surface area contributed by atoms with E-state index in [9.17, 15) is 5.11 Å². The molecule has 0 spiro atoms. The van der Waals surface area contributed by atoms with Gasteiger partial charge in [0.15, 0.2) is 0 Å². The summed E-state index contributed by atoms with van der Waals surface area (Å²) in [6.45, 7) is 9.11. The van der Waals surface area contributed by atoms with E-state index in [1.54, 1.807) is 6.92 Å². The predicted octanol–water partition coefficient (Wildman–Crippen LogP) is 1.25. The summed E-state index contributed by atoms with van der Waals surface area (Å²) in [5.74, 6) is 2.41. The van der Waals surface area contributed by atoms with Crippen molar-refractivity contribution in [3.63, 3.8) is 0 Å². The van der Waals surface area contributed by atoms with Crippen LogP contribution >= 0.6 is 0 Å². The molecule has 2 nitrogen and oxygen atoms in total. The smallest absolute Gasteiger partial charge is 0.127 e. The average molecular weight is 184 g/mol. The summed E-state index contributed by atoms with van der Waals surface area (Å²) in [4.78, 5) is 0. The molecular formula is C11H22NO+. The quantitative estimate of drug-likeness (QED) is 0.503. The number of aliphatic hydroxyl groups is 1. The Morgan fingerprint density at radius 2 is 1.85 bits per heavy atom. The lowest BCUT2D eigenvalue weighted by atomic mass is 10.0. The van der Waals surface area contributed by atoms with Crippen LogP contribution in [0.15, 0.2) is 0 Å². The normalized spacial score (nSPS) is 16.3.